The van der Waals surface area contributed by atoms with Gasteiger partial charge in [0.05, 0.1) is 0 Å². The molecule has 1 aliphatic rings. The predicted molar refractivity (Wildman–Crippen MR) is 126 cm³/mol. The van der Waals surface area contributed by atoms with Gasteiger partial charge in [-0.1, -0.05) is 57.1 Å². The third-order valence-electron chi connectivity index (χ3n) is 4.62. The number of hydrogen-bond donors (Lipinski definition) is 0. The second kappa shape index (κ2) is 14.0. The van der Waals surface area contributed by atoms with Gasteiger partial charge in [-0.15, -0.1) is 5.73 Å². The predicted octanol–water partition coefficient (Wildman–Crippen LogP) is 8.34. The number of carbonyl (C=O) groups excluding carboxylic acids is 1. The Hall–Kier alpha value is -0.150. The maximum absolute atomic E-state index is 12.6. The number of carbonyl (C=O) groups is 1. The number of hydrogen-bond acceptors (Lipinski definition) is 2. The molecule has 0 amide bonds. The van der Waals surface area contributed by atoms with E-state index in [1.54, 1.807) is 18.2 Å². The van der Waals surface area contributed by atoms with E-state index in [9.17, 15) is 4.79 Å². The van der Waals surface area contributed by atoms with Crippen LogP contribution in [0.1, 0.15) is 71.6 Å². The maximum Gasteiger partial charge on any atom is 0.194 e. The minimum Gasteiger partial charge on any atom is -0.367 e. The van der Waals surface area contributed by atoms with Crippen molar-refractivity contribution >= 4 is 45.5 Å². The number of allylic oxidation sites excluding steroid dienone is 4. The lowest BCUT2D eigenvalue weighted by molar-refractivity contribution is -0.136. The zero-order chi connectivity index (χ0) is 20.9. The van der Waals surface area contributed by atoms with E-state index in [1.807, 2.05) is 26.0 Å². The maximum atomic E-state index is 12.6. The van der Waals surface area contributed by atoms with E-state index in [0.717, 1.165) is 31.4 Å². The summed E-state index contributed by atoms with van der Waals surface area (Å²) in [6.45, 7) is 4.30. The van der Waals surface area contributed by atoms with Crippen molar-refractivity contribution < 1.29 is 9.53 Å². The Morgan fingerprint density at radius 3 is 2.14 bits per heavy atom. The molecule has 0 aromatic rings. The normalized spacial score (nSPS) is 14.8. The lowest BCUT2D eigenvalue weighted by atomic mass is 9.95. The molecule has 160 valence electrons. The second-order valence-corrected chi connectivity index (χ2v) is 15.1. The molecular formula is C22H33Cl3O2S. The van der Waals surface area contributed by atoms with E-state index in [4.69, 9.17) is 36.8 Å². The van der Waals surface area contributed by atoms with Crippen LogP contribution in [0.15, 0.2) is 41.7 Å². The quantitative estimate of drug-likeness (QED) is 0.179. The van der Waals surface area contributed by atoms with Crippen molar-refractivity contribution in [2.45, 2.75) is 77.2 Å². The van der Waals surface area contributed by atoms with E-state index in [-0.39, 0.29) is 5.78 Å². The molecule has 0 bridgehead atoms. The molecule has 1 rings (SSSR count). The molecule has 0 unspecified atom stereocenters. The summed E-state index contributed by atoms with van der Waals surface area (Å²) < 4.78 is 5.89. The zero-order valence-electron chi connectivity index (χ0n) is 17.0. The van der Waals surface area contributed by atoms with Crippen LogP contribution < -0.4 is 0 Å². The number of Topliss-reactive ketones (excluding diaryl/α,β-unsaturated/α-hetero) is 1. The van der Waals surface area contributed by atoms with Gasteiger partial charge in [-0.2, -0.15) is 0 Å². The lowest BCUT2D eigenvalue weighted by Crippen LogP contribution is -2.36. The fourth-order valence-corrected chi connectivity index (χ4v) is 4.47. The van der Waals surface area contributed by atoms with Crippen molar-refractivity contribution in [2.75, 3.05) is 12.4 Å². The van der Waals surface area contributed by atoms with Crippen molar-refractivity contribution in [1.82, 2.24) is 0 Å². The monoisotopic (exact) mass is 466 g/mol. The highest BCUT2D eigenvalue weighted by Crippen LogP contribution is 2.63. The molecule has 2 nitrogen and oxygen atoms in total. The van der Waals surface area contributed by atoms with Crippen LogP contribution in [0.2, 0.25) is 0 Å². The smallest absolute Gasteiger partial charge is 0.194 e. The summed E-state index contributed by atoms with van der Waals surface area (Å²) in [5.41, 5.74) is 2.81. The van der Waals surface area contributed by atoms with Crippen LogP contribution in [0.4, 0.5) is 0 Å². The van der Waals surface area contributed by atoms with Gasteiger partial charge in [-0.3, -0.25) is 4.79 Å². The number of halogens is 3. The highest BCUT2D eigenvalue weighted by Gasteiger charge is 2.29. The Bertz CT molecular complexity index is 597. The van der Waals surface area contributed by atoms with Gasteiger partial charge >= 0.3 is 0 Å². The lowest BCUT2D eigenvalue weighted by Gasteiger charge is -2.24. The number of unbranched alkanes of at least 4 members (excludes halogenated alkanes) is 8. The summed E-state index contributed by atoms with van der Waals surface area (Å²) in [6.07, 6.45) is 19.4. The molecule has 0 aromatic heterocycles. The fraction of sp³-hybridized carbons (Fsp3) is 0.636. The van der Waals surface area contributed by atoms with Crippen LogP contribution in [-0.4, -0.2) is 23.7 Å². The molecule has 1 aliphatic carbocycles. The minimum atomic E-state index is -1.89. The summed E-state index contributed by atoms with van der Waals surface area (Å²) >= 11 is 0. The van der Waals surface area contributed by atoms with Gasteiger partial charge in [0, 0.05) is 17.9 Å². The third kappa shape index (κ3) is 12.4. The Morgan fingerprint density at radius 1 is 0.964 bits per heavy atom. The van der Waals surface area contributed by atoms with Gasteiger partial charge in [0.1, 0.15) is 5.60 Å². The highest BCUT2D eigenvalue weighted by atomic mass is 36.2. The first-order chi connectivity index (χ1) is 13.2. The number of rotatable bonds is 15. The molecule has 0 radical (unpaired) electrons. The molecule has 0 spiro atoms. The van der Waals surface area contributed by atoms with Crippen molar-refractivity contribution in [2.24, 2.45) is 0 Å². The molecule has 0 fully saturated rings. The van der Waals surface area contributed by atoms with Crippen LogP contribution in [0, 0.1) is 0 Å². The first-order valence-corrected chi connectivity index (χ1v) is 14.4. The van der Waals surface area contributed by atoms with E-state index in [2.05, 4.69) is 5.73 Å². The van der Waals surface area contributed by atoms with Gasteiger partial charge in [-0.25, -0.2) is 0 Å². The molecule has 0 saturated carbocycles. The second-order valence-electron chi connectivity index (χ2n) is 7.56. The van der Waals surface area contributed by atoms with Crippen molar-refractivity contribution in [3.05, 3.63) is 41.7 Å². The van der Waals surface area contributed by atoms with E-state index < -0.39 is 13.3 Å². The molecule has 0 N–H and O–H groups in total. The minimum absolute atomic E-state index is 0.00782. The topological polar surface area (TPSA) is 26.3 Å². The van der Waals surface area contributed by atoms with Gasteiger partial charge in [0.15, 0.2) is 5.78 Å². The molecule has 28 heavy (non-hydrogen) atoms. The molecule has 0 aliphatic heterocycles. The van der Waals surface area contributed by atoms with Gasteiger partial charge < -0.3 is 4.74 Å². The molecule has 0 atom stereocenters. The Labute approximate surface area is 185 Å². The average Bonchev–Trinajstić information content (AvgIpc) is 2.90. The zero-order valence-corrected chi connectivity index (χ0v) is 20.1. The van der Waals surface area contributed by atoms with Gasteiger partial charge in [0.2, 0.25) is 0 Å². The summed E-state index contributed by atoms with van der Waals surface area (Å²) in [4.78, 5) is 12.6. The number of ether oxygens (including phenoxy) is 1. The third-order valence-corrected chi connectivity index (χ3v) is 6.76. The Morgan fingerprint density at radius 2 is 1.54 bits per heavy atom. The first-order valence-electron chi connectivity index (χ1n) is 10.1. The Kier molecular flexibility index (Phi) is 12.9. The molecule has 0 aromatic carbocycles. The summed E-state index contributed by atoms with van der Waals surface area (Å²) in [7, 11) is 15.6. The summed E-state index contributed by atoms with van der Waals surface area (Å²) in [6, 6.07) is 0. The van der Waals surface area contributed by atoms with Crippen LogP contribution in [0.25, 0.3) is 0 Å². The van der Waals surface area contributed by atoms with E-state index >= 15 is 0 Å². The largest absolute Gasteiger partial charge is 0.367 e. The van der Waals surface area contributed by atoms with Gasteiger partial charge in [0.25, 0.3) is 0 Å². The van der Waals surface area contributed by atoms with Crippen molar-refractivity contribution in [1.29, 1.82) is 0 Å². The van der Waals surface area contributed by atoms with Crippen LogP contribution in [-0.2, 0) is 9.53 Å². The van der Waals surface area contributed by atoms with Crippen LogP contribution in [0.3, 0.4) is 0 Å². The average molecular weight is 468 g/mol. The first kappa shape index (κ1) is 25.9. The summed E-state index contributed by atoms with van der Waals surface area (Å²) in [5, 5.41) is 0. The molecule has 6 heteroatoms. The fourth-order valence-electron chi connectivity index (χ4n) is 2.95. The number of ketones is 1. The van der Waals surface area contributed by atoms with Gasteiger partial charge in [-0.05, 0) is 84.6 Å². The Balaban J connectivity index is 2.04. The van der Waals surface area contributed by atoms with E-state index in [0.29, 0.717) is 12.2 Å². The van der Waals surface area contributed by atoms with Crippen molar-refractivity contribution in [3.8, 4) is 0 Å². The van der Waals surface area contributed by atoms with Crippen LogP contribution in [0.5, 0.6) is 0 Å². The molecular weight excluding hydrogens is 435 g/mol. The van der Waals surface area contributed by atoms with Crippen LogP contribution >= 0.6 is 39.7 Å². The standard InChI is InChI=1S/C22H33Cl3O2S/c1-22(2,21(26)20-16-12-8-9-13-17-20)27-18-14-10-6-4-3-5-7-11-15-19-28(23,24)25/h8,12-13,16-17H,3-7,10-11,14-15,18-19H2,1-2H3. The van der Waals surface area contributed by atoms with E-state index in [1.165, 1.54) is 32.1 Å². The SMILES string of the molecule is CC(C)(OCCCCCCCCCCCS(Cl)(Cl)Cl)C(=O)C1=CC=C=CC=C1. The molecule has 0 saturated heterocycles. The van der Waals surface area contributed by atoms with Crippen molar-refractivity contribution in [3.63, 3.8) is 0 Å². The molecule has 0 heterocycles. The highest BCUT2D eigenvalue weighted by molar-refractivity contribution is 8.79. The summed E-state index contributed by atoms with van der Waals surface area (Å²) in [5.74, 6) is 0.728.